The summed E-state index contributed by atoms with van der Waals surface area (Å²) in [6.07, 6.45) is 2.42. The zero-order valence-electron chi connectivity index (χ0n) is 18.4. The zero-order valence-corrected chi connectivity index (χ0v) is 19.2. The number of ether oxygens (including phenoxy) is 2. The van der Waals surface area contributed by atoms with Crippen LogP contribution >= 0.6 is 11.3 Å². The van der Waals surface area contributed by atoms with E-state index in [4.69, 9.17) is 14.5 Å². The van der Waals surface area contributed by atoms with Gasteiger partial charge in [0.05, 0.1) is 32.2 Å². The highest BCUT2D eigenvalue weighted by Gasteiger charge is 2.08. The van der Waals surface area contributed by atoms with Crippen LogP contribution in [0.15, 0.2) is 59.0 Å². The van der Waals surface area contributed by atoms with E-state index in [1.165, 1.54) is 0 Å². The number of aromatic nitrogens is 2. The third-order valence-corrected chi connectivity index (χ3v) is 5.50. The quantitative estimate of drug-likeness (QED) is 0.432. The standard InChI is InChI=1S/C23H29N5O3S/c1-3-24-22(29)25-12-7-13-28-19(16-31-15-18-8-5-4-6-9-18)17-32-23(28)27-21-11-10-20(30-2)14-26-21/h4-6,8-11,14,17H,3,7,12-13,15-16H2,1-2H3,(H2,24,25,29)/b27-23-. The number of hydrogen-bond acceptors (Lipinski definition) is 6. The maximum atomic E-state index is 11.6. The van der Waals surface area contributed by atoms with Crippen LogP contribution in [0.3, 0.4) is 0 Å². The fourth-order valence-corrected chi connectivity index (χ4v) is 3.89. The van der Waals surface area contributed by atoms with E-state index in [1.807, 2.05) is 49.4 Å². The molecule has 1 aromatic carbocycles. The molecule has 0 spiro atoms. The summed E-state index contributed by atoms with van der Waals surface area (Å²) in [6.45, 7) is 4.78. The van der Waals surface area contributed by atoms with Gasteiger partial charge in [-0.2, -0.15) is 0 Å². The maximum absolute atomic E-state index is 11.6. The molecule has 0 radical (unpaired) electrons. The van der Waals surface area contributed by atoms with Crippen LogP contribution in [-0.2, 0) is 24.5 Å². The number of carbonyl (C=O) groups is 1. The Hall–Kier alpha value is -3.17. The van der Waals surface area contributed by atoms with Gasteiger partial charge in [-0.1, -0.05) is 30.3 Å². The maximum Gasteiger partial charge on any atom is 0.314 e. The largest absolute Gasteiger partial charge is 0.495 e. The van der Waals surface area contributed by atoms with Crippen LogP contribution < -0.4 is 20.2 Å². The molecule has 2 aromatic heterocycles. The van der Waals surface area contributed by atoms with Crippen molar-refractivity contribution in [3.05, 3.63) is 70.1 Å². The number of thiazole rings is 1. The third kappa shape index (κ3) is 7.21. The molecule has 170 valence electrons. The topological polar surface area (TPSA) is 89.8 Å². The SMILES string of the molecule is CCNC(=O)NCCCn1c(COCc2ccccc2)cs/c1=N\c1ccc(OC)cn1. The Labute approximate surface area is 192 Å². The van der Waals surface area contributed by atoms with Crippen molar-refractivity contribution in [1.82, 2.24) is 20.2 Å². The number of urea groups is 1. The summed E-state index contributed by atoms with van der Waals surface area (Å²) in [5, 5.41) is 7.66. The van der Waals surface area contributed by atoms with Gasteiger partial charge in [0.15, 0.2) is 10.6 Å². The Morgan fingerprint density at radius 1 is 1.16 bits per heavy atom. The van der Waals surface area contributed by atoms with E-state index in [0.717, 1.165) is 22.5 Å². The predicted octanol–water partition coefficient (Wildman–Crippen LogP) is 3.61. The summed E-state index contributed by atoms with van der Waals surface area (Å²) in [5.41, 5.74) is 2.17. The van der Waals surface area contributed by atoms with Gasteiger partial charge in [0.25, 0.3) is 0 Å². The van der Waals surface area contributed by atoms with Crippen molar-refractivity contribution >= 4 is 23.2 Å². The number of rotatable bonds is 11. The molecule has 32 heavy (non-hydrogen) atoms. The van der Waals surface area contributed by atoms with Gasteiger partial charge in [-0.15, -0.1) is 11.3 Å². The van der Waals surface area contributed by atoms with Crippen LogP contribution in [0.2, 0.25) is 0 Å². The molecule has 0 aliphatic carbocycles. The van der Waals surface area contributed by atoms with Crippen LogP contribution in [-0.4, -0.2) is 35.8 Å². The molecule has 0 unspecified atom stereocenters. The van der Waals surface area contributed by atoms with E-state index < -0.39 is 0 Å². The van der Waals surface area contributed by atoms with Crippen molar-refractivity contribution in [2.24, 2.45) is 4.99 Å². The van der Waals surface area contributed by atoms with Gasteiger partial charge in [-0.25, -0.2) is 14.8 Å². The number of methoxy groups -OCH3 is 1. The lowest BCUT2D eigenvalue weighted by Gasteiger charge is -2.11. The molecule has 0 atom stereocenters. The Bertz CT molecular complexity index is 1030. The number of benzene rings is 1. The molecule has 0 aliphatic rings. The molecule has 2 amide bonds. The highest BCUT2D eigenvalue weighted by Crippen LogP contribution is 2.14. The number of carbonyl (C=O) groups excluding carboxylic acids is 1. The van der Waals surface area contributed by atoms with Gasteiger partial charge in [0, 0.05) is 25.0 Å². The van der Waals surface area contributed by atoms with E-state index >= 15 is 0 Å². The van der Waals surface area contributed by atoms with Crippen LogP contribution in [0, 0.1) is 0 Å². The van der Waals surface area contributed by atoms with Crippen LogP contribution in [0.4, 0.5) is 10.6 Å². The lowest BCUT2D eigenvalue weighted by molar-refractivity contribution is 0.102. The highest BCUT2D eigenvalue weighted by molar-refractivity contribution is 7.07. The van der Waals surface area contributed by atoms with Gasteiger partial charge in [0.1, 0.15) is 5.75 Å². The summed E-state index contributed by atoms with van der Waals surface area (Å²) in [4.78, 5) is 21.5. The predicted molar refractivity (Wildman–Crippen MR) is 125 cm³/mol. The number of amides is 2. The summed E-state index contributed by atoms with van der Waals surface area (Å²) >= 11 is 1.55. The summed E-state index contributed by atoms with van der Waals surface area (Å²) in [6, 6.07) is 13.6. The molecular formula is C23H29N5O3S. The lowest BCUT2D eigenvalue weighted by atomic mass is 10.2. The minimum Gasteiger partial charge on any atom is -0.495 e. The Balaban J connectivity index is 1.71. The number of pyridine rings is 1. The molecule has 2 heterocycles. The summed E-state index contributed by atoms with van der Waals surface area (Å²) < 4.78 is 13.2. The fraction of sp³-hybridized carbons (Fsp3) is 0.348. The van der Waals surface area contributed by atoms with Crippen molar-refractivity contribution in [3.63, 3.8) is 0 Å². The third-order valence-electron chi connectivity index (χ3n) is 4.59. The van der Waals surface area contributed by atoms with Gasteiger partial charge < -0.3 is 24.7 Å². The summed E-state index contributed by atoms with van der Waals surface area (Å²) in [5.74, 6) is 1.30. The molecule has 8 nitrogen and oxygen atoms in total. The summed E-state index contributed by atoms with van der Waals surface area (Å²) in [7, 11) is 1.61. The molecule has 2 N–H and O–H groups in total. The Kier molecular flexibility index (Phi) is 9.27. The number of nitrogens with one attached hydrogen (secondary N) is 2. The number of nitrogens with zero attached hydrogens (tertiary/aromatic N) is 3. The molecule has 0 saturated carbocycles. The number of hydrogen-bond donors (Lipinski definition) is 2. The first-order valence-electron chi connectivity index (χ1n) is 10.5. The van der Waals surface area contributed by atoms with E-state index in [2.05, 4.69) is 25.6 Å². The first-order chi connectivity index (χ1) is 15.7. The van der Waals surface area contributed by atoms with Crippen LogP contribution in [0.5, 0.6) is 5.75 Å². The van der Waals surface area contributed by atoms with Crippen molar-refractivity contribution in [2.75, 3.05) is 20.2 Å². The highest BCUT2D eigenvalue weighted by atomic mass is 32.1. The van der Waals surface area contributed by atoms with Crippen LogP contribution in [0.1, 0.15) is 24.6 Å². The molecule has 0 saturated heterocycles. The molecule has 0 bridgehead atoms. The Morgan fingerprint density at radius 2 is 2.00 bits per heavy atom. The van der Waals surface area contributed by atoms with Crippen molar-refractivity contribution in [3.8, 4) is 5.75 Å². The first kappa shape index (κ1) is 23.5. The second-order valence-corrected chi connectivity index (χ2v) is 7.78. The average Bonchev–Trinajstić information content (AvgIpc) is 3.19. The normalized spacial score (nSPS) is 11.4. The Morgan fingerprint density at radius 3 is 2.72 bits per heavy atom. The van der Waals surface area contributed by atoms with Crippen molar-refractivity contribution < 1.29 is 14.3 Å². The van der Waals surface area contributed by atoms with Gasteiger partial charge >= 0.3 is 6.03 Å². The monoisotopic (exact) mass is 455 g/mol. The molecule has 0 aliphatic heterocycles. The van der Waals surface area contributed by atoms with E-state index in [-0.39, 0.29) is 6.03 Å². The first-order valence-corrected chi connectivity index (χ1v) is 11.4. The average molecular weight is 456 g/mol. The van der Waals surface area contributed by atoms with E-state index in [9.17, 15) is 4.79 Å². The van der Waals surface area contributed by atoms with Gasteiger partial charge in [0.2, 0.25) is 0 Å². The molecular weight excluding hydrogens is 426 g/mol. The van der Waals surface area contributed by atoms with Gasteiger partial charge in [-0.05, 0) is 31.0 Å². The second-order valence-electron chi connectivity index (χ2n) is 6.95. The second kappa shape index (κ2) is 12.6. The molecule has 9 heteroatoms. The lowest BCUT2D eigenvalue weighted by Crippen LogP contribution is -2.36. The van der Waals surface area contributed by atoms with E-state index in [1.54, 1.807) is 24.6 Å². The van der Waals surface area contributed by atoms with Crippen LogP contribution in [0.25, 0.3) is 0 Å². The zero-order chi connectivity index (χ0) is 22.6. The van der Waals surface area contributed by atoms with Gasteiger partial charge in [-0.3, -0.25) is 0 Å². The molecule has 3 rings (SSSR count). The minimum atomic E-state index is -0.151. The fourth-order valence-electron chi connectivity index (χ4n) is 2.98. The molecule has 0 fully saturated rings. The van der Waals surface area contributed by atoms with Crippen molar-refractivity contribution in [1.29, 1.82) is 0 Å². The minimum absolute atomic E-state index is 0.151. The smallest absolute Gasteiger partial charge is 0.314 e. The molecule has 3 aromatic rings. The van der Waals surface area contributed by atoms with E-state index in [0.29, 0.717) is 44.4 Å². The van der Waals surface area contributed by atoms with Crippen molar-refractivity contribution in [2.45, 2.75) is 33.1 Å².